The van der Waals surface area contributed by atoms with Gasteiger partial charge < -0.3 is 4.90 Å². The lowest BCUT2D eigenvalue weighted by molar-refractivity contribution is 0.0498. The molecule has 3 heterocycles. The van der Waals surface area contributed by atoms with Gasteiger partial charge in [-0.25, -0.2) is 0 Å². The Morgan fingerprint density at radius 1 is 1.25 bits per heavy atom. The maximum Gasteiger partial charge on any atom is 0.0178 e. The van der Waals surface area contributed by atoms with Crippen LogP contribution in [0.3, 0.4) is 0 Å². The molecule has 3 saturated heterocycles. The van der Waals surface area contributed by atoms with Crippen LogP contribution in [0.2, 0.25) is 0 Å². The summed E-state index contributed by atoms with van der Waals surface area (Å²) in [6.45, 7) is 2.67. The lowest BCUT2D eigenvalue weighted by Crippen LogP contribution is -2.49. The molecule has 0 saturated carbocycles. The minimum atomic E-state index is 0.807. The van der Waals surface area contributed by atoms with Gasteiger partial charge in [0.05, 0.1) is 0 Å². The number of piperidine rings is 3. The summed E-state index contributed by atoms with van der Waals surface area (Å²) in [6.07, 6.45) is 5.53. The van der Waals surface area contributed by atoms with E-state index in [0.29, 0.717) is 0 Å². The molecular weight excluding hydrogens is 262 g/mol. The van der Waals surface area contributed by atoms with E-state index in [1.165, 1.54) is 48.8 Å². The summed E-state index contributed by atoms with van der Waals surface area (Å²) in [6, 6.07) is 9.59. The second kappa shape index (κ2) is 4.50. The molecule has 0 aliphatic carbocycles. The highest BCUT2D eigenvalue weighted by atomic mass is 79.9. The van der Waals surface area contributed by atoms with E-state index in [0.717, 1.165) is 12.0 Å². The average Bonchev–Trinajstić information content (AvgIpc) is 2.30. The summed E-state index contributed by atoms with van der Waals surface area (Å²) in [7, 11) is 0. The Bertz CT molecular complexity index is 369. The first-order valence-corrected chi connectivity index (χ1v) is 7.09. The van der Waals surface area contributed by atoms with Crippen LogP contribution in [0.5, 0.6) is 0 Å². The molecule has 0 radical (unpaired) electrons. The normalized spacial score (nSPS) is 32.9. The third-order valence-electron chi connectivity index (χ3n) is 4.13. The molecule has 2 bridgehead atoms. The summed E-state index contributed by atoms with van der Waals surface area (Å²) < 4.78 is 1.21. The maximum atomic E-state index is 3.55. The second-order valence-electron chi connectivity index (χ2n) is 5.20. The highest BCUT2D eigenvalue weighted by Crippen LogP contribution is 2.33. The zero-order valence-electron chi connectivity index (χ0n) is 9.53. The van der Waals surface area contributed by atoms with Crippen molar-refractivity contribution >= 4 is 15.9 Å². The van der Waals surface area contributed by atoms with E-state index in [4.69, 9.17) is 0 Å². The Balaban J connectivity index is 1.71. The minimum Gasteiger partial charge on any atom is -0.300 e. The van der Waals surface area contributed by atoms with Gasteiger partial charge in [0.25, 0.3) is 0 Å². The van der Waals surface area contributed by atoms with E-state index >= 15 is 0 Å². The molecule has 1 aromatic carbocycles. The first kappa shape index (κ1) is 10.8. The van der Waals surface area contributed by atoms with Crippen LogP contribution in [0.4, 0.5) is 0 Å². The van der Waals surface area contributed by atoms with Crippen molar-refractivity contribution in [2.75, 3.05) is 13.1 Å². The van der Waals surface area contributed by atoms with Crippen LogP contribution in [0, 0.1) is 5.92 Å². The lowest BCUT2D eigenvalue weighted by atomic mass is 9.81. The Morgan fingerprint density at radius 3 is 2.69 bits per heavy atom. The van der Waals surface area contributed by atoms with Crippen LogP contribution in [-0.2, 0) is 6.42 Å². The quantitative estimate of drug-likeness (QED) is 0.801. The third-order valence-corrected chi connectivity index (χ3v) is 4.62. The fourth-order valence-electron chi connectivity index (χ4n) is 3.24. The Morgan fingerprint density at radius 2 is 2.06 bits per heavy atom. The van der Waals surface area contributed by atoms with Crippen LogP contribution in [-0.4, -0.2) is 24.0 Å². The van der Waals surface area contributed by atoms with Gasteiger partial charge in [0.15, 0.2) is 0 Å². The Kier molecular flexibility index (Phi) is 3.03. The molecule has 86 valence electrons. The average molecular weight is 280 g/mol. The minimum absolute atomic E-state index is 0.807. The summed E-state index contributed by atoms with van der Waals surface area (Å²) in [4.78, 5) is 2.70. The predicted molar refractivity (Wildman–Crippen MR) is 70.5 cm³/mol. The monoisotopic (exact) mass is 279 g/mol. The van der Waals surface area contributed by atoms with Gasteiger partial charge >= 0.3 is 0 Å². The SMILES string of the molecule is Brc1cccc(CC2CC3CCN2CC3)c1. The van der Waals surface area contributed by atoms with Gasteiger partial charge in [-0.15, -0.1) is 0 Å². The van der Waals surface area contributed by atoms with Crippen molar-refractivity contribution < 1.29 is 0 Å². The molecule has 3 fully saturated rings. The number of halogens is 1. The van der Waals surface area contributed by atoms with Crippen LogP contribution in [0.15, 0.2) is 28.7 Å². The summed E-state index contributed by atoms with van der Waals surface area (Å²) in [5.41, 5.74) is 1.48. The number of nitrogens with zero attached hydrogens (tertiary/aromatic N) is 1. The highest BCUT2D eigenvalue weighted by molar-refractivity contribution is 9.10. The Labute approximate surface area is 106 Å². The number of rotatable bonds is 2. The predicted octanol–water partition coefficient (Wildman–Crippen LogP) is 3.48. The van der Waals surface area contributed by atoms with E-state index in [1.54, 1.807) is 0 Å². The first-order valence-electron chi connectivity index (χ1n) is 6.30. The molecule has 0 aromatic heterocycles. The van der Waals surface area contributed by atoms with Gasteiger partial charge in [0, 0.05) is 10.5 Å². The molecular formula is C14H18BrN. The molecule has 4 rings (SSSR count). The number of hydrogen-bond donors (Lipinski definition) is 0. The third kappa shape index (κ3) is 2.18. The zero-order valence-corrected chi connectivity index (χ0v) is 11.1. The number of hydrogen-bond acceptors (Lipinski definition) is 1. The van der Waals surface area contributed by atoms with Crippen molar-refractivity contribution in [3.05, 3.63) is 34.3 Å². The molecule has 1 nitrogen and oxygen atoms in total. The standard InChI is InChI=1S/C14H18BrN/c15-13-3-1-2-12(8-13)10-14-9-11-4-6-16(14)7-5-11/h1-3,8,11,14H,4-7,9-10H2. The number of benzene rings is 1. The molecule has 0 spiro atoms. The van der Waals surface area contributed by atoms with E-state index in [2.05, 4.69) is 45.1 Å². The van der Waals surface area contributed by atoms with Gasteiger partial charge in [0.2, 0.25) is 0 Å². The van der Waals surface area contributed by atoms with E-state index in [-0.39, 0.29) is 0 Å². The van der Waals surface area contributed by atoms with Crippen molar-refractivity contribution in [1.82, 2.24) is 4.90 Å². The van der Waals surface area contributed by atoms with Gasteiger partial charge in [-0.1, -0.05) is 28.1 Å². The van der Waals surface area contributed by atoms with Crippen LogP contribution >= 0.6 is 15.9 Å². The molecule has 3 aliphatic heterocycles. The molecule has 1 aromatic rings. The van der Waals surface area contributed by atoms with Crippen molar-refractivity contribution in [3.63, 3.8) is 0 Å². The van der Waals surface area contributed by atoms with E-state index in [9.17, 15) is 0 Å². The van der Waals surface area contributed by atoms with Crippen molar-refractivity contribution in [2.24, 2.45) is 5.92 Å². The van der Waals surface area contributed by atoms with Crippen molar-refractivity contribution in [3.8, 4) is 0 Å². The van der Waals surface area contributed by atoms with E-state index < -0.39 is 0 Å². The molecule has 1 unspecified atom stereocenters. The second-order valence-corrected chi connectivity index (χ2v) is 6.12. The van der Waals surface area contributed by atoms with Gasteiger partial charge in [-0.2, -0.15) is 0 Å². The smallest absolute Gasteiger partial charge is 0.0178 e. The zero-order chi connectivity index (χ0) is 11.0. The van der Waals surface area contributed by atoms with Crippen molar-refractivity contribution in [2.45, 2.75) is 31.7 Å². The molecule has 3 aliphatic rings. The summed E-state index contributed by atoms with van der Waals surface area (Å²) >= 11 is 3.55. The van der Waals surface area contributed by atoms with E-state index in [1.807, 2.05) is 0 Å². The number of fused-ring (bicyclic) bond motifs is 3. The molecule has 0 amide bonds. The first-order chi connectivity index (χ1) is 7.81. The summed E-state index contributed by atoms with van der Waals surface area (Å²) in [5, 5.41) is 0. The van der Waals surface area contributed by atoms with Crippen LogP contribution in [0.25, 0.3) is 0 Å². The van der Waals surface area contributed by atoms with Gasteiger partial charge in [-0.3, -0.25) is 0 Å². The Hall–Kier alpha value is -0.340. The molecule has 16 heavy (non-hydrogen) atoms. The fourth-order valence-corrected chi connectivity index (χ4v) is 3.68. The molecule has 2 heteroatoms. The van der Waals surface area contributed by atoms with Crippen LogP contribution < -0.4 is 0 Å². The highest BCUT2D eigenvalue weighted by Gasteiger charge is 2.33. The summed E-state index contributed by atoms with van der Waals surface area (Å²) in [5.74, 6) is 1.02. The van der Waals surface area contributed by atoms with Gasteiger partial charge in [0.1, 0.15) is 0 Å². The maximum absolute atomic E-state index is 3.55. The van der Waals surface area contributed by atoms with Crippen LogP contribution in [0.1, 0.15) is 24.8 Å². The van der Waals surface area contributed by atoms with Gasteiger partial charge in [-0.05, 0) is 62.4 Å². The largest absolute Gasteiger partial charge is 0.300 e. The molecule has 1 atom stereocenters. The van der Waals surface area contributed by atoms with Crippen molar-refractivity contribution in [1.29, 1.82) is 0 Å². The topological polar surface area (TPSA) is 3.24 Å². The lowest BCUT2D eigenvalue weighted by Gasteiger charge is -2.45. The fraction of sp³-hybridized carbons (Fsp3) is 0.571. The molecule has 0 N–H and O–H groups in total.